The lowest BCUT2D eigenvalue weighted by molar-refractivity contribution is 0.102. The Balaban J connectivity index is 1.49. The van der Waals surface area contributed by atoms with Crippen LogP contribution in [-0.4, -0.2) is 22.9 Å². The summed E-state index contributed by atoms with van der Waals surface area (Å²) in [4.78, 5) is 12.3. The summed E-state index contributed by atoms with van der Waals surface area (Å²) in [5, 5.41) is 10.6. The fraction of sp³-hybridized carbons (Fsp3) is 0.118. The molecule has 120 valence electrons. The van der Waals surface area contributed by atoms with Crippen LogP contribution in [0.3, 0.4) is 0 Å². The molecule has 0 spiro atoms. The van der Waals surface area contributed by atoms with Crippen LogP contribution < -0.4 is 14.8 Å². The minimum atomic E-state index is -0.227. The number of aromatic nitrogens is 2. The molecule has 1 aliphatic rings. The average molecular weight is 323 g/mol. The van der Waals surface area contributed by atoms with Crippen molar-refractivity contribution < 1.29 is 18.7 Å². The van der Waals surface area contributed by atoms with Crippen molar-refractivity contribution in [1.82, 2.24) is 10.2 Å². The molecule has 7 heteroatoms. The summed E-state index contributed by atoms with van der Waals surface area (Å²) in [7, 11) is 0. The highest BCUT2D eigenvalue weighted by atomic mass is 16.7. The number of fused-ring (bicyclic) bond motifs is 1. The van der Waals surface area contributed by atoms with Gasteiger partial charge in [-0.25, -0.2) is 0 Å². The average Bonchev–Trinajstić information content (AvgIpc) is 3.23. The second kappa shape index (κ2) is 5.69. The third-order valence-electron chi connectivity index (χ3n) is 3.55. The Morgan fingerprint density at radius 2 is 1.83 bits per heavy atom. The first kappa shape index (κ1) is 14.3. The van der Waals surface area contributed by atoms with Crippen molar-refractivity contribution in [3.63, 3.8) is 0 Å². The summed E-state index contributed by atoms with van der Waals surface area (Å²) in [5.74, 6) is 1.94. The Labute approximate surface area is 137 Å². The minimum Gasteiger partial charge on any atom is -0.454 e. The highest BCUT2D eigenvalue weighted by Crippen LogP contribution is 2.32. The molecule has 0 bridgehead atoms. The van der Waals surface area contributed by atoms with Gasteiger partial charge in [0.05, 0.1) is 0 Å². The van der Waals surface area contributed by atoms with Gasteiger partial charge in [-0.3, -0.25) is 4.79 Å². The molecule has 7 nitrogen and oxygen atoms in total. The van der Waals surface area contributed by atoms with Gasteiger partial charge in [-0.2, -0.15) is 0 Å². The molecular formula is C17H13N3O4. The number of nitrogens with zero attached hydrogens (tertiary/aromatic N) is 2. The lowest BCUT2D eigenvalue weighted by atomic mass is 10.1. The van der Waals surface area contributed by atoms with E-state index in [4.69, 9.17) is 13.9 Å². The second-order valence-corrected chi connectivity index (χ2v) is 5.23. The van der Waals surface area contributed by atoms with Gasteiger partial charge in [-0.1, -0.05) is 0 Å². The van der Waals surface area contributed by atoms with Crippen LogP contribution in [-0.2, 0) is 0 Å². The largest absolute Gasteiger partial charge is 0.454 e. The fourth-order valence-electron chi connectivity index (χ4n) is 2.35. The number of nitrogens with one attached hydrogen (secondary N) is 1. The molecule has 3 aromatic rings. The zero-order valence-electron chi connectivity index (χ0n) is 12.8. The van der Waals surface area contributed by atoms with Gasteiger partial charge in [-0.05, 0) is 42.5 Å². The Morgan fingerprint density at radius 1 is 1.04 bits per heavy atom. The lowest BCUT2D eigenvalue weighted by Gasteiger charge is -2.06. The molecule has 0 aliphatic carbocycles. The van der Waals surface area contributed by atoms with Gasteiger partial charge in [-0.15, -0.1) is 10.2 Å². The number of rotatable bonds is 3. The first-order chi connectivity index (χ1) is 11.7. The van der Waals surface area contributed by atoms with E-state index in [1.54, 1.807) is 37.3 Å². The molecule has 1 aromatic heterocycles. The highest BCUT2D eigenvalue weighted by molar-refractivity contribution is 6.04. The summed E-state index contributed by atoms with van der Waals surface area (Å²) in [6.07, 6.45) is 0. The maximum absolute atomic E-state index is 12.3. The second-order valence-electron chi connectivity index (χ2n) is 5.23. The fourth-order valence-corrected chi connectivity index (χ4v) is 2.35. The van der Waals surface area contributed by atoms with Crippen molar-refractivity contribution in [3.8, 4) is 23.0 Å². The quantitative estimate of drug-likeness (QED) is 0.797. The molecule has 0 radical (unpaired) electrons. The SMILES string of the molecule is Cc1nnc(-c2ccc(NC(=O)c3ccc4c(c3)OCO4)cc2)o1. The highest BCUT2D eigenvalue weighted by Gasteiger charge is 2.16. The predicted molar refractivity (Wildman–Crippen MR) is 85.0 cm³/mol. The van der Waals surface area contributed by atoms with E-state index in [9.17, 15) is 4.79 Å². The van der Waals surface area contributed by atoms with E-state index in [0.717, 1.165) is 5.56 Å². The minimum absolute atomic E-state index is 0.178. The third-order valence-corrected chi connectivity index (χ3v) is 3.55. The first-order valence-electron chi connectivity index (χ1n) is 7.30. The number of carbonyl (C=O) groups excluding carboxylic acids is 1. The molecule has 24 heavy (non-hydrogen) atoms. The molecule has 0 atom stereocenters. The van der Waals surface area contributed by atoms with E-state index < -0.39 is 0 Å². The summed E-state index contributed by atoms with van der Waals surface area (Å²) >= 11 is 0. The number of hydrogen-bond acceptors (Lipinski definition) is 6. The lowest BCUT2D eigenvalue weighted by Crippen LogP contribution is -2.11. The monoisotopic (exact) mass is 323 g/mol. The van der Waals surface area contributed by atoms with Crippen molar-refractivity contribution in [3.05, 3.63) is 53.9 Å². The van der Waals surface area contributed by atoms with Crippen LogP contribution in [0.4, 0.5) is 5.69 Å². The van der Waals surface area contributed by atoms with Crippen LogP contribution in [0.5, 0.6) is 11.5 Å². The number of ether oxygens (including phenoxy) is 2. The van der Waals surface area contributed by atoms with Gasteiger partial charge in [0.2, 0.25) is 18.6 Å². The molecule has 4 rings (SSSR count). The number of hydrogen-bond donors (Lipinski definition) is 1. The van der Waals surface area contributed by atoms with Gasteiger partial charge in [0.15, 0.2) is 11.5 Å². The Kier molecular flexibility index (Phi) is 3.38. The summed E-state index contributed by atoms with van der Waals surface area (Å²) in [6, 6.07) is 12.2. The molecule has 1 amide bonds. The molecular weight excluding hydrogens is 310 g/mol. The van der Waals surface area contributed by atoms with Crippen molar-refractivity contribution in [2.24, 2.45) is 0 Å². The summed E-state index contributed by atoms with van der Waals surface area (Å²) in [5.41, 5.74) is 1.95. The van der Waals surface area contributed by atoms with Crippen molar-refractivity contribution >= 4 is 11.6 Å². The van der Waals surface area contributed by atoms with E-state index in [-0.39, 0.29) is 12.7 Å². The standard InChI is InChI=1S/C17H13N3O4/c1-10-19-20-17(24-10)11-2-5-13(6-3-11)18-16(21)12-4-7-14-15(8-12)23-9-22-14/h2-8H,9H2,1H3,(H,18,21). The summed E-state index contributed by atoms with van der Waals surface area (Å²) < 4.78 is 15.9. The number of amides is 1. The van der Waals surface area contributed by atoms with Crippen molar-refractivity contribution in [2.75, 3.05) is 12.1 Å². The number of benzene rings is 2. The van der Waals surface area contributed by atoms with E-state index in [1.807, 2.05) is 12.1 Å². The predicted octanol–water partition coefficient (Wildman–Crippen LogP) is 3.03. The Bertz CT molecular complexity index is 902. The number of anilines is 1. The zero-order chi connectivity index (χ0) is 16.5. The maximum Gasteiger partial charge on any atom is 0.255 e. The van der Waals surface area contributed by atoms with Crippen LogP contribution in [0.15, 0.2) is 46.9 Å². The van der Waals surface area contributed by atoms with E-state index >= 15 is 0 Å². The van der Waals surface area contributed by atoms with E-state index in [1.165, 1.54) is 0 Å². The van der Waals surface area contributed by atoms with E-state index in [0.29, 0.717) is 34.5 Å². The normalized spacial score (nSPS) is 12.2. The van der Waals surface area contributed by atoms with Gasteiger partial charge < -0.3 is 19.2 Å². The molecule has 1 aliphatic heterocycles. The third kappa shape index (κ3) is 2.67. The molecule has 1 N–H and O–H groups in total. The topological polar surface area (TPSA) is 86.5 Å². The van der Waals surface area contributed by atoms with Crippen LogP contribution in [0.2, 0.25) is 0 Å². The van der Waals surface area contributed by atoms with Gasteiger partial charge in [0, 0.05) is 23.7 Å². The Morgan fingerprint density at radius 3 is 2.58 bits per heavy atom. The maximum atomic E-state index is 12.3. The molecule has 2 aromatic carbocycles. The molecule has 0 saturated heterocycles. The van der Waals surface area contributed by atoms with Crippen LogP contribution >= 0.6 is 0 Å². The first-order valence-corrected chi connectivity index (χ1v) is 7.30. The number of aryl methyl sites for hydroxylation is 1. The number of carbonyl (C=O) groups is 1. The van der Waals surface area contributed by atoms with Gasteiger partial charge >= 0.3 is 0 Å². The summed E-state index contributed by atoms with van der Waals surface area (Å²) in [6.45, 7) is 1.91. The van der Waals surface area contributed by atoms with Crippen molar-refractivity contribution in [1.29, 1.82) is 0 Å². The van der Waals surface area contributed by atoms with Gasteiger partial charge in [0.1, 0.15) is 0 Å². The van der Waals surface area contributed by atoms with Gasteiger partial charge in [0.25, 0.3) is 5.91 Å². The van der Waals surface area contributed by atoms with Crippen LogP contribution in [0.25, 0.3) is 11.5 Å². The molecule has 0 fully saturated rings. The van der Waals surface area contributed by atoms with Crippen LogP contribution in [0.1, 0.15) is 16.2 Å². The zero-order valence-corrected chi connectivity index (χ0v) is 12.8. The molecule has 2 heterocycles. The van der Waals surface area contributed by atoms with E-state index in [2.05, 4.69) is 15.5 Å². The molecule has 0 saturated carbocycles. The van der Waals surface area contributed by atoms with Crippen molar-refractivity contribution in [2.45, 2.75) is 6.92 Å². The smallest absolute Gasteiger partial charge is 0.255 e. The van der Waals surface area contributed by atoms with Crippen LogP contribution in [0, 0.1) is 6.92 Å². The Hall–Kier alpha value is -3.35. The molecule has 0 unspecified atom stereocenters.